The first kappa shape index (κ1) is 28.6. The van der Waals surface area contributed by atoms with E-state index in [-0.39, 0.29) is 21.1 Å². The van der Waals surface area contributed by atoms with Gasteiger partial charge in [-0.15, -0.1) is 47.0 Å². The van der Waals surface area contributed by atoms with Crippen LogP contribution in [0.15, 0.2) is 24.3 Å². The third kappa shape index (κ3) is 11.9. The SMILES string of the molecule is C=C(C)C(=O)OCC(SC)SCC1CSC(CSC(COC(=O)C(=C)C)SC)CS1. The molecule has 1 rings (SSSR count). The van der Waals surface area contributed by atoms with Gasteiger partial charge in [-0.2, -0.15) is 23.5 Å². The maximum Gasteiger partial charge on any atom is 0.333 e. The van der Waals surface area contributed by atoms with Gasteiger partial charge in [0.05, 0.1) is 9.16 Å². The highest BCUT2D eigenvalue weighted by Crippen LogP contribution is 2.36. The molecule has 172 valence electrons. The lowest BCUT2D eigenvalue weighted by atomic mass is 10.4. The van der Waals surface area contributed by atoms with Crippen LogP contribution in [0.3, 0.4) is 0 Å². The summed E-state index contributed by atoms with van der Waals surface area (Å²) < 4.78 is 11.1. The van der Waals surface area contributed by atoms with Gasteiger partial charge < -0.3 is 9.47 Å². The predicted molar refractivity (Wildman–Crippen MR) is 144 cm³/mol. The summed E-state index contributed by atoms with van der Waals surface area (Å²) in [6.45, 7) is 11.4. The minimum absolute atomic E-state index is 0.261. The molecular weight excluding hydrogens is 497 g/mol. The fraction of sp³-hybridized carbons (Fsp3) is 0.700. The Morgan fingerprint density at radius 2 is 1.23 bits per heavy atom. The summed E-state index contributed by atoms with van der Waals surface area (Å²) >= 11 is 11.3. The first-order valence-corrected chi connectivity index (χ1v) is 16.2. The summed E-state index contributed by atoms with van der Waals surface area (Å²) in [7, 11) is 0. The molecule has 0 spiro atoms. The molecule has 1 heterocycles. The molecule has 1 aliphatic rings. The van der Waals surface area contributed by atoms with Crippen LogP contribution in [0.25, 0.3) is 0 Å². The van der Waals surface area contributed by atoms with E-state index in [1.54, 1.807) is 37.4 Å². The minimum Gasteiger partial charge on any atom is -0.460 e. The van der Waals surface area contributed by atoms with Crippen molar-refractivity contribution in [2.45, 2.75) is 33.5 Å². The van der Waals surface area contributed by atoms with Crippen LogP contribution in [0.5, 0.6) is 0 Å². The van der Waals surface area contributed by atoms with Crippen molar-refractivity contribution in [2.75, 3.05) is 48.7 Å². The lowest BCUT2D eigenvalue weighted by Crippen LogP contribution is -2.26. The number of thioether (sulfide) groups is 6. The zero-order chi connectivity index (χ0) is 22.5. The van der Waals surface area contributed by atoms with E-state index in [1.807, 2.05) is 47.0 Å². The summed E-state index contributed by atoms with van der Waals surface area (Å²) in [4.78, 5) is 23.1. The van der Waals surface area contributed by atoms with Crippen molar-refractivity contribution in [1.29, 1.82) is 0 Å². The first-order chi connectivity index (χ1) is 14.3. The summed E-state index contributed by atoms with van der Waals surface area (Å²) in [5.41, 5.74) is 0.890. The topological polar surface area (TPSA) is 52.6 Å². The summed E-state index contributed by atoms with van der Waals surface area (Å²) in [5, 5.41) is 1.25. The van der Waals surface area contributed by atoms with E-state index < -0.39 is 0 Å². The van der Waals surface area contributed by atoms with Gasteiger partial charge >= 0.3 is 11.9 Å². The fourth-order valence-electron chi connectivity index (χ4n) is 2.11. The fourth-order valence-corrected chi connectivity index (χ4v) is 9.49. The van der Waals surface area contributed by atoms with Crippen molar-refractivity contribution >= 4 is 82.5 Å². The van der Waals surface area contributed by atoms with Gasteiger partial charge in [0.2, 0.25) is 0 Å². The van der Waals surface area contributed by atoms with E-state index in [0.29, 0.717) is 34.9 Å². The molecule has 4 unspecified atom stereocenters. The normalized spacial score (nSPS) is 20.8. The van der Waals surface area contributed by atoms with Gasteiger partial charge in [0.1, 0.15) is 13.2 Å². The minimum atomic E-state index is -0.310. The van der Waals surface area contributed by atoms with E-state index in [1.165, 1.54) is 0 Å². The smallest absolute Gasteiger partial charge is 0.333 e. The highest BCUT2D eigenvalue weighted by atomic mass is 32.2. The second kappa shape index (κ2) is 16.2. The van der Waals surface area contributed by atoms with Crippen molar-refractivity contribution in [2.24, 2.45) is 0 Å². The highest BCUT2D eigenvalue weighted by Gasteiger charge is 2.25. The Morgan fingerprint density at radius 3 is 1.50 bits per heavy atom. The quantitative estimate of drug-likeness (QED) is 0.169. The molecule has 0 aromatic rings. The highest BCUT2D eigenvalue weighted by molar-refractivity contribution is 8.18. The third-order valence-electron chi connectivity index (χ3n) is 3.90. The van der Waals surface area contributed by atoms with Gasteiger partial charge in [0.15, 0.2) is 0 Å². The zero-order valence-corrected chi connectivity index (χ0v) is 22.9. The number of ether oxygens (including phenoxy) is 2. The van der Waals surface area contributed by atoms with Gasteiger partial charge in [0.25, 0.3) is 0 Å². The molecule has 0 saturated carbocycles. The van der Waals surface area contributed by atoms with E-state index >= 15 is 0 Å². The summed E-state index contributed by atoms with van der Waals surface area (Å²) in [6.07, 6.45) is 4.11. The lowest BCUT2D eigenvalue weighted by molar-refractivity contribution is -0.139. The maximum atomic E-state index is 11.6. The van der Waals surface area contributed by atoms with E-state index in [9.17, 15) is 9.59 Å². The molecule has 0 amide bonds. The van der Waals surface area contributed by atoms with Gasteiger partial charge in [-0.05, 0) is 26.4 Å². The Morgan fingerprint density at radius 1 is 0.867 bits per heavy atom. The molecule has 0 aromatic carbocycles. The van der Waals surface area contributed by atoms with E-state index in [2.05, 4.69) is 25.7 Å². The molecule has 0 N–H and O–H groups in total. The van der Waals surface area contributed by atoms with E-state index in [4.69, 9.17) is 9.47 Å². The molecule has 0 aromatic heterocycles. The van der Waals surface area contributed by atoms with Crippen molar-refractivity contribution < 1.29 is 19.1 Å². The predicted octanol–water partition coefficient (Wildman–Crippen LogP) is 5.29. The van der Waals surface area contributed by atoms with Crippen molar-refractivity contribution in [1.82, 2.24) is 0 Å². The number of carbonyl (C=O) groups excluding carboxylic acids is 2. The van der Waals surface area contributed by atoms with Crippen LogP contribution in [0.1, 0.15) is 13.8 Å². The first-order valence-electron chi connectivity index (χ1n) is 9.44. The Hall–Kier alpha value is 0.520. The molecule has 4 nitrogen and oxygen atoms in total. The van der Waals surface area contributed by atoms with Crippen LogP contribution in [-0.4, -0.2) is 80.3 Å². The van der Waals surface area contributed by atoms with E-state index in [0.717, 1.165) is 23.0 Å². The van der Waals surface area contributed by atoms with Gasteiger partial charge in [-0.3, -0.25) is 0 Å². The maximum absolute atomic E-state index is 11.6. The molecule has 0 radical (unpaired) electrons. The Labute approximate surface area is 207 Å². The second-order valence-electron chi connectivity index (χ2n) is 6.67. The molecule has 10 heteroatoms. The van der Waals surface area contributed by atoms with Gasteiger partial charge in [0, 0.05) is 44.7 Å². The standard InChI is InChI=1S/C20H32O4S6/c1-13(2)19(21)23-7-17(25-5)29-11-15-9-28-16(10-27-15)12-30-18(26-6)8-24-20(22)14(3)4/h15-18H,1,3,7-12H2,2,4-6H3. The van der Waals surface area contributed by atoms with Gasteiger partial charge in [-0.1, -0.05) is 13.2 Å². The van der Waals surface area contributed by atoms with Crippen LogP contribution < -0.4 is 0 Å². The number of carbonyl (C=O) groups is 2. The number of hydrogen-bond donors (Lipinski definition) is 0. The molecule has 30 heavy (non-hydrogen) atoms. The van der Waals surface area contributed by atoms with Crippen LogP contribution in [0.4, 0.5) is 0 Å². The van der Waals surface area contributed by atoms with Crippen LogP contribution in [-0.2, 0) is 19.1 Å². The van der Waals surface area contributed by atoms with Crippen LogP contribution in [0, 0.1) is 0 Å². The largest absolute Gasteiger partial charge is 0.460 e. The molecule has 1 aliphatic heterocycles. The second-order valence-corrected chi connectivity index (χ2v) is 14.5. The summed E-state index contributed by atoms with van der Waals surface area (Å²) in [5.74, 6) is 3.80. The number of esters is 2. The number of rotatable bonds is 14. The van der Waals surface area contributed by atoms with Crippen molar-refractivity contribution in [3.8, 4) is 0 Å². The molecule has 4 atom stereocenters. The van der Waals surface area contributed by atoms with Crippen LogP contribution >= 0.6 is 70.6 Å². The molecule has 0 bridgehead atoms. The Bertz CT molecular complexity index is 528. The Balaban J connectivity index is 2.24. The summed E-state index contributed by atoms with van der Waals surface area (Å²) in [6, 6.07) is 0. The molecule has 0 aliphatic carbocycles. The average Bonchev–Trinajstić information content (AvgIpc) is 2.74. The van der Waals surface area contributed by atoms with Crippen molar-refractivity contribution in [3.63, 3.8) is 0 Å². The zero-order valence-electron chi connectivity index (χ0n) is 18.0. The van der Waals surface area contributed by atoms with Crippen molar-refractivity contribution in [3.05, 3.63) is 24.3 Å². The monoisotopic (exact) mass is 528 g/mol. The number of hydrogen-bond acceptors (Lipinski definition) is 10. The Kier molecular flexibility index (Phi) is 15.4. The van der Waals surface area contributed by atoms with Crippen LogP contribution in [0.2, 0.25) is 0 Å². The lowest BCUT2D eigenvalue weighted by Gasteiger charge is -2.29. The average molecular weight is 529 g/mol. The molecule has 1 fully saturated rings. The van der Waals surface area contributed by atoms with Gasteiger partial charge in [-0.25, -0.2) is 9.59 Å². The molecular formula is C20H32O4S6. The third-order valence-corrected chi connectivity index (χ3v) is 13.0. The molecule has 1 saturated heterocycles.